The summed E-state index contributed by atoms with van der Waals surface area (Å²) in [5.41, 5.74) is 5.71. The SMILES string of the molecule is CCC(CC)(CN)NC(=O)c1cc(S(=O)(=O)N2CCCCC2)cn1C.Cl. The van der Waals surface area contributed by atoms with Crippen LogP contribution in [-0.4, -0.2) is 48.4 Å². The van der Waals surface area contributed by atoms with Crippen molar-refractivity contribution in [2.24, 2.45) is 12.8 Å². The second-order valence-corrected chi connectivity index (χ2v) is 8.72. The topological polar surface area (TPSA) is 97.4 Å². The van der Waals surface area contributed by atoms with Crippen LogP contribution >= 0.6 is 12.4 Å². The highest BCUT2D eigenvalue weighted by Crippen LogP contribution is 2.23. The molecule has 0 spiro atoms. The number of rotatable bonds is 7. The van der Waals surface area contributed by atoms with Crippen molar-refractivity contribution in [3.8, 4) is 0 Å². The molecule has 0 atom stereocenters. The number of halogens is 1. The second kappa shape index (κ2) is 9.21. The summed E-state index contributed by atoms with van der Waals surface area (Å²) in [6.45, 7) is 5.39. The first kappa shape index (κ1) is 23.0. The first-order valence-electron chi connectivity index (χ1n) is 8.98. The molecule has 1 aromatic rings. The zero-order valence-corrected chi connectivity index (χ0v) is 17.5. The minimum atomic E-state index is -3.55. The van der Waals surface area contributed by atoms with Crippen molar-refractivity contribution in [1.82, 2.24) is 14.2 Å². The molecule has 0 bridgehead atoms. The summed E-state index contributed by atoms with van der Waals surface area (Å²) in [5, 5.41) is 2.99. The number of piperidine rings is 1. The second-order valence-electron chi connectivity index (χ2n) is 6.78. The number of amides is 1. The molecule has 26 heavy (non-hydrogen) atoms. The Hall–Kier alpha value is -1.09. The summed E-state index contributed by atoms with van der Waals surface area (Å²) in [4.78, 5) is 12.9. The fourth-order valence-corrected chi connectivity index (χ4v) is 4.82. The van der Waals surface area contributed by atoms with Gasteiger partial charge in [-0.15, -0.1) is 12.4 Å². The van der Waals surface area contributed by atoms with Crippen molar-refractivity contribution in [2.45, 2.75) is 56.4 Å². The van der Waals surface area contributed by atoms with Gasteiger partial charge in [-0.25, -0.2) is 8.42 Å². The Bertz CT molecular complexity index is 699. The molecule has 1 aliphatic heterocycles. The lowest BCUT2D eigenvalue weighted by Crippen LogP contribution is -2.53. The molecule has 0 aromatic carbocycles. The monoisotopic (exact) mass is 406 g/mol. The molecular weight excluding hydrogens is 376 g/mol. The fourth-order valence-electron chi connectivity index (χ4n) is 3.23. The van der Waals surface area contributed by atoms with Crippen LogP contribution in [0.1, 0.15) is 56.4 Å². The van der Waals surface area contributed by atoms with Gasteiger partial charge >= 0.3 is 0 Å². The van der Waals surface area contributed by atoms with Crippen LogP contribution in [0.25, 0.3) is 0 Å². The van der Waals surface area contributed by atoms with Crippen LogP contribution < -0.4 is 11.1 Å². The smallest absolute Gasteiger partial charge is 0.268 e. The number of nitrogens with zero attached hydrogens (tertiary/aromatic N) is 2. The van der Waals surface area contributed by atoms with E-state index in [4.69, 9.17) is 5.73 Å². The molecule has 0 unspecified atom stereocenters. The van der Waals surface area contributed by atoms with Crippen molar-refractivity contribution >= 4 is 28.3 Å². The Kier molecular flexibility index (Phi) is 8.13. The van der Waals surface area contributed by atoms with Gasteiger partial charge in [0.05, 0.1) is 5.54 Å². The number of sulfonamides is 1. The van der Waals surface area contributed by atoms with Crippen LogP contribution in [0.3, 0.4) is 0 Å². The Morgan fingerprint density at radius 3 is 2.31 bits per heavy atom. The minimum absolute atomic E-state index is 0. The molecule has 2 rings (SSSR count). The van der Waals surface area contributed by atoms with E-state index < -0.39 is 15.6 Å². The number of hydrogen-bond donors (Lipinski definition) is 2. The number of carbonyl (C=O) groups is 1. The van der Waals surface area contributed by atoms with Gasteiger partial charge in [-0.1, -0.05) is 20.3 Å². The van der Waals surface area contributed by atoms with Crippen molar-refractivity contribution in [1.29, 1.82) is 0 Å². The van der Waals surface area contributed by atoms with Crippen molar-refractivity contribution < 1.29 is 13.2 Å². The predicted molar refractivity (Wildman–Crippen MR) is 105 cm³/mol. The zero-order chi connectivity index (χ0) is 18.7. The van der Waals surface area contributed by atoms with Crippen LogP contribution in [0, 0.1) is 0 Å². The molecule has 2 heterocycles. The first-order valence-corrected chi connectivity index (χ1v) is 10.4. The van der Waals surface area contributed by atoms with Gasteiger partial charge < -0.3 is 15.6 Å². The van der Waals surface area contributed by atoms with Gasteiger partial charge in [0, 0.05) is 32.9 Å². The van der Waals surface area contributed by atoms with Crippen LogP contribution in [0.5, 0.6) is 0 Å². The van der Waals surface area contributed by atoms with E-state index in [2.05, 4.69) is 5.32 Å². The predicted octanol–water partition coefficient (Wildman–Crippen LogP) is 1.87. The summed E-state index contributed by atoms with van der Waals surface area (Å²) in [6.07, 6.45) is 5.77. The van der Waals surface area contributed by atoms with Crippen LogP contribution in [0.4, 0.5) is 0 Å². The Balaban J connectivity index is 0.00000338. The van der Waals surface area contributed by atoms with E-state index in [1.807, 2.05) is 13.8 Å². The quantitative estimate of drug-likeness (QED) is 0.722. The van der Waals surface area contributed by atoms with Crippen LogP contribution in [-0.2, 0) is 17.1 Å². The fraction of sp³-hybridized carbons (Fsp3) is 0.706. The highest BCUT2D eigenvalue weighted by Gasteiger charge is 2.31. The van der Waals surface area contributed by atoms with Gasteiger partial charge in [-0.3, -0.25) is 4.79 Å². The maximum atomic E-state index is 12.8. The minimum Gasteiger partial charge on any atom is -0.345 e. The third-order valence-corrected chi connectivity index (χ3v) is 7.15. The lowest BCUT2D eigenvalue weighted by atomic mass is 9.93. The van der Waals surface area contributed by atoms with Crippen LogP contribution in [0.15, 0.2) is 17.2 Å². The van der Waals surface area contributed by atoms with Gasteiger partial charge in [-0.05, 0) is 31.7 Å². The molecule has 1 fully saturated rings. The lowest BCUT2D eigenvalue weighted by Gasteiger charge is -2.31. The summed E-state index contributed by atoms with van der Waals surface area (Å²) in [6, 6.07) is 1.46. The number of aromatic nitrogens is 1. The van der Waals surface area contributed by atoms with E-state index >= 15 is 0 Å². The molecule has 1 saturated heterocycles. The summed E-state index contributed by atoms with van der Waals surface area (Å²) in [5.74, 6) is -0.295. The van der Waals surface area contributed by atoms with Crippen molar-refractivity contribution in [2.75, 3.05) is 19.6 Å². The summed E-state index contributed by atoms with van der Waals surface area (Å²) in [7, 11) is -1.86. The lowest BCUT2D eigenvalue weighted by molar-refractivity contribution is 0.0887. The zero-order valence-electron chi connectivity index (χ0n) is 15.8. The van der Waals surface area contributed by atoms with E-state index in [1.165, 1.54) is 16.6 Å². The molecule has 1 aliphatic rings. The largest absolute Gasteiger partial charge is 0.345 e. The van der Waals surface area contributed by atoms with E-state index in [9.17, 15) is 13.2 Å². The molecule has 3 N–H and O–H groups in total. The molecule has 7 nitrogen and oxygen atoms in total. The van der Waals surface area contributed by atoms with Gasteiger partial charge in [-0.2, -0.15) is 4.31 Å². The number of hydrogen-bond acceptors (Lipinski definition) is 4. The number of aryl methyl sites for hydroxylation is 1. The third-order valence-electron chi connectivity index (χ3n) is 5.29. The summed E-state index contributed by atoms with van der Waals surface area (Å²) < 4.78 is 28.7. The third kappa shape index (κ3) is 4.60. The maximum Gasteiger partial charge on any atom is 0.268 e. The normalized spacial score (nSPS) is 16.2. The highest BCUT2D eigenvalue weighted by molar-refractivity contribution is 7.89. The summed E-state index contributed by atoms with van der Waals surface area (Å²) >= 11 is 0. The van der Waals surface area contributed by atoms with E-state index in [0.717, 1.165) is 32.1 Å². The highest BCUT2D eigenvalue weighted by atomic mass is 35.5. The average molecular weight is 407 g/mol. The van der Waals surface area contributed by atoms with E-state index in [1.54, 1.807) is 11.6 Å². The number of carbonyl (C=O) groups excluding carboxylic acids is 1. The van der Waals surface area contributed by atoms with Gasteiger partial charge in [0.2, 0.25) is 10.0 Å². The molecule has 0 radical (unpaired) electrons. The molecular formula is C17H31ClN4O3S. The average Bonchev–Trinajstić information content (AvgIpc) is 3.03. The van der Waals surface area contributed by atoms with Gasteiger partial charge in [0.25, 0.3) is 5.91 Å². The van der Waals surface area contributed by atoms with E-state index in [0.29, 0.717) is 25.3 Å². The molecule has 150 valence electrons. The number of nitrogens with two attached hydrogens (primary N) is 1. The molecule has 1 aromatic heterocycles. The van der Waals surface area contributed by atoms with E-state index in [-0.39, 0.29) is 23.2 Å². The van der Waals surface area contributed by atoms with Crippen molar-refractivity contribution in [3.63, 3.8) is 0 Å². The van der Waals surface area contributed by atoms with Gasteiger partial charge in [0.15, 0.2) is 0 Å². The van der Waals surface area contributed by atoms with Crippen LogP contribution in [0.2, 0.25) is 0 Å². The standard InChI is InChI=1S/C17H30N4O3S.ClH/c1-4-17(5-2,13-18)19-16(22)15-11-14(12-20(15)3)25(23,24)21-9-7-6-8-10-21;/h11-12H,4-10,13,18H2,1-3H3,(H,19,22);1H. The maximum absolute atomic E-state index is 12.8. The van der Waals surface area contributed by atoms with Crippen molar-refractivity contribution in [3.05, 3.63) is 18.0 Å². The van der Waals surface area contributed by atoms with Gasteiger partial charge in [0.1, 0.15) is 10.6 Å². The Morgan fingerprint density at radius 2 is 1.81 bits per heavy atom. The number of nitrogens with one attached hydrogen (secondary N) is 1. The molecule has 0 aliphatic carbocycles. The molecule has 1 amide bonds. The Morgan fingerprint density at radius 1 is 1.23 bits per heavy atom. The molecule has 9 heteroatoms. The molecule has 0 saturated carbocycles. The first-order chi connectivity index (χ1) is 11.8. The Labute approximate surface area is 162 Å².